The average molecular weight is 327 g/mol. The first-order valence-electron chi connectivity index (χ1n) is 6.61. The van der Waals surface area contributed by atoms with Crippen LogP contribution in [0.2, 0.25) is 0 Å². The Balaban J connectivity index is 0.00000220. The van der Waals surface area contributed by atoms with Gasteiger partial charge in [0.15, 0.2) is 0 Å². The van der Waals surface area contributed by atoms with Gasteiger partial charge in [-0.05, 0) is 6.42 Å². The minimum atomic E-state index is -0.443. The quantitative estimate of drug-likeness (QED) is 0.854. The Labute approximate surface area is 134 Å². The number of amides is 1. The van der Waals surface area contributed by atoms with Gasteiger partial charge in [-0.3, -0.25) is 4.79 Å². The van der Waals surface area contributed by atoms with Gasteiger partial charge in [0, 0.05) is 5.56 Å². The SMILES string of the molecule is CCCC(N)C(=O)NCc1nnc(-c2ccccc2)s1.Cl. The van der Waals surface area contributed by atoms with Gasteiger partial charge in [0.25, 0.3) is 0 Å². The van der Waals surface area contributed by atoms with Crippen LogP contribution in [0.15, 0.2) is 30.3 Å². The highest BCUT2D eigenvalue weighted by Crippen LogP contribution is 2.22. The number of halogens is 1. The predicted octanol–water partition coefficient (Wildman–Crippen LogP) is 2.37. The van der Waals surface area contributed by atoms with Crippen LogP contribution >= 0.6 is 23.7 Å². The Morgan fingerprint density at radius 1 is 1.33 bits per heavy atom. The molecule has 0 saturated carbocycles. The van der Waals surface area contributed by atoms with Gasteiger partial charge in [-0.2, -0.15) is 0 Å². The lowest BCUT2D eigenvalue weighted by molar-refractivity contribution is -0.122. The molecule has 0 saturated heterocycles. The van der Waals surface area contributed by atoms with Crippen molar-refractivity contribution >= 4 is 29.7 Å². The summed E-state index contributed by atoms with van der Waals surface area (Å²) in [6, 6.07) is 9.41. The van der Waals surface area contributed by atoms with Gasteiger partial charge in [0.05, 0.1) is 12.6 Å². The zero-order valence-electron chi connectivity index (χ0n) is 11.8. The van der Waals surface area contributed by atoms with Crippen molar-refractivity contribution in [3.63, 3.8) is 0 Å². The molecule has 2 aromatic rings. The summed E-state index contributed by atoms with van der Waals surface area (Å²) in [6.07, 6.45) is 1.59. The van der Waals surface area contributed by atoms with Gasteiger partial charge in [0.2, 0.25) is 5.91 Å². The molecule has 114 valence electrons. The number of benzene rings is 1. The largest absolute Gasteiger partial charge is 0.348 e. The standard InChI is InChI=1S/C14H18N4OS.ClH/c1-2-6-11(15)13(19)16-9-12-17-18-14(20-12)10-7-4-3-5-8-10;/h3-5,7-8,11H,2,6,9,15H2,1H3,(H,16,19);1H. The van der Waals surface area contributed by atoms with Crippen LogP contribution in [0.4, 0.5) is 0 Å². The van der Waals surface area contributed by atoms with Crippen LogP contribution in [0, 0.1) is 0 Å². The van der Waals surface area contributed by atoms with Gasteiger partial charge < -0.3 is 11.1 Å². The summed E-state index contributed by atoms with van der Waals surface area (Å²) < 4.78 is 0. The van der Waals surface area contributed by atoms with Crippen molar-refractivity contribution in [2.75, 3.05) is 0 Å². The van der Waals surface area contributed by atoms with Crippen LogP contribution in [0.5, 0.6) is 0 Å². The maximum absolute atomic E-state index is 11.7. The van der Waals surface area contributed by atoms with Crippen molar-refractivity contribution < 1.29 is 4.79 Å². The van der Waals surface area contributed by atoms with Crippen LogP contribution in [0.3, 0.4) is 0 Å². The average Bonchev–Trinajstić information content (AvgIpc) is 2.95. The highest BCUT2D eigenvalue weighted by molar-refractivity contribution is 7.14. The summed E-state index contributed by atoms with van der Waals surface area (Å²) in [5.41, 5.74) is 6.78. The van der Waals surface area contributed by atoms with E-state index in [1.165, 1.54) is 11.3 Å². The number of nitrogens with two attached hydrogens (primary N) is 1. The van der Waals surface area contributed by atoms with Crippen LogP contribution in [0.1, 0.15) is 24.8 Å². The Bertz CT molecular complexity index is 561. The van der Waals surface area contributed by atoms with E-state index in [1.54, 1.807) is 0 Å². The first kappa shape index (κ1) is 17.6. The van der Waals surface area contributed by atoms with E-state index in [-0.39, 0.29) is 18.3 Å². The van der Waals surface area contributed by atoms with Crippen molar-refractivity contribution in [1.29, 1.82) is 0 Å². The second kappa shape index (κ2) is 8.71. The van der Waals surface area contributed by atoms with E-state index in [4.69, 9.17) is 5.73 Å². The van der Waals surface area contributed by atoms with Crippen molar-refractivity contribution in [1.82, 2.24) is 15.5 Å². The Morgan fingerprint density at radius 2 is 2.05 bits per heavy atom. The van der Waals surface area contributed by atoms with Crippen molar-refractivity contribution in [2.45, 2.75) is 32.4 Å². The summed E-state index contributed by atoms with van der Waals surface area (Å²) >= 11 is 1.48. The molecule has 0 aliphatic carbocycles. The number of carbonyl (C=O) groups is 1. The van der Waals surface area contributed by atoms with Gasteiger partial charge in [-0.25, -0.2) is 0 Å². The molecule has 1 aromatic heterocycles. The van der Waals surface area contributed by atoms with Gasteiger partial charge in [-0.15, -0.1) is 22.6 Å². The lowest BCUT2D eigenvalue weighted by Crippen LogP contribution is -2.40. The first-order chi connectivity index (χ1) is 9.70. The van der Waals surface area contributed by atoms with E-state index in [1.807, 2.05) is 37.3 Å². The van der Waals surface area contributed by atoms with Crippen molar-refractivity contribution in [2.24, 2.45) is 5.73 Å². The third-order valence-electron chi connectivity index (χ3n) is 2.84. The molecule has 1 heterocycles. The maximum Gasteiger partial charge on any atom is 0.237 e. The molecule has 5 nitrogen and oxygen atoms in total. The molecule has 21 heavy (non-hydrogen) atoms. The number of nitrogens with zero attached hydrogens (tertiary/aromatic N) is 2. The number of rotatable bonds is 6. The summed E-state index contributed by atoms with van der Waals surface area (Å²) in [6.45, 7) is 2.38. The normalized spacial score (nSPS) is 11.5. The summed E-state index contributed by atoms with van der Waals surface area (Å²) in [5.74, 6) is -0.136. The molecule has 3 N–H and O–H groups in total. The minimum Gasteiger partial charge on any atom is -0.348 e. The van der Waals surface area contributed by atoms with Gasteiger partial charge in [0.1, 0.15) is 10.0 Å². The number of carbonyl (C=O) groups excluding carboxylic acids is 1. The molecule has 0 spiro atoms. The number of hydrogen-bond donors (Lipinski definition) is 2. The monoisotopic (exact) mass is 326 g/mol. The van der Waals surface area contributed by atoms with E-state index in [2.05, 4.69) is 15.5 Å². The second-order valence-corrected chi connectivity index (χ2v) is 5.54. The van der Waals surface area contributed by atoms with E-state index in [9.17, 15) is 4.79 Å². The fourth-order valence-electron chi connectivity index (χ4n) is 1.76. The molecule has 0 aliphatic heterocycles. The molecule has 1 atom stereocenters. The summed E-state index contributed by atoms with van der Waals surface area (Å²) in [7, 11) is 0. The zero-order valence-corrected chi connectivity index (χ0v) is 13.4. The van der Waals surface area contributed by atoms with Crippen molar-refractivity contribution in [3.8, 4) is 10.6 Å². The summed E-state index contributed by atoms with van der Waals surface area (Å²) in [5, 5.41) is 12.6. The molecule has 7 heteroatoms. The minimum absolute atomic E-state index is 0. The van der Waals surface area contributed by atoms with Crippen LogP contribution < -0.4 is 11.1 Å². The molecule has 0 bridgehead atoms. The van der Waals surface area contributed by atoms with Crippen molar-refractivity contribution in [3.05, 3.63) is 35.3 Å². The highest BCUT2D eigenvalue weighted by Gasteiger charge is 2.13. The molecule has 0 fully saturated rings. The van der Waals surface area contributed by atoms with Crippen LogP contribution in [-0.2, 0) is 11.3 Å². The van der Waals surface area contributed by atoms with Crippen LogP contribution in [-0.4, -0.2) is 22.1 Å². The Kier molecular flexibility index (Phi) is 7.28. The zero-order chi connectivity index (χ0) is 14.4. The fraction of sp³-hybridized carbons (Fsp3) is 0.357. The number of aromatic nitrogens is 2. The van der Waals surface area contributed by atoms with Crippen LogP contribution in [0.25, 0.3) is 10.6 Å². The maximum atomic E-state index is 11.7. The first-order valence-corrected chi connectivity index (χ1v) is 7.43. The summed E-state index contributed by atoms with van der Waals surface area (Å²) in [4.78, 5) is 11.7. The van der Waals surface area contributed by atoms with E-state index < -0.39 is 6.04 Å². The molecular formula is C14H19ClN4OS. The highest BCUT2D eigenvalue weighted by atomic mass is 35.5. The molecule has 1 aromatic carbocycles. The topological polar surface area (TPSA) is 80.9 Å². The number of nitrogens with one attached hydrogen (secondary N) is 1. The van der Waals surface area contributed by atoms with E-state index in [0.717, 1.165) is 22.0 Å². The van der Waals surface area contributed by atoms with Gasteiger partial charge in [-0.1, -0.05) is 55.0 Å². The predicted molar refractivity (Wildman–Crippen MR) is 87.3 cm³/mol. The molecule has 0 radical (unpaired) electrons. The molecule has 1 amide bonds. The number of hydrogen-bond acceptors (Lipinski definition) is 5. The molecule has 1 unspecified atom stereocenters. The fourth-order valence-corrected chi connectivity index (χ4v) is 2.54. The lowest BCUT2D eigenvalue weighted by Gasteiger charge is -2.09. The molecule has 2 rings (SSSR count). The second-order valence-electron chi connectivity index (χ2n) is 4.48. The smallest absolute Gasteiger partial charge is 0.237 e. The third-order valence-corrected chi connectivity index (χ3v) is 3.81. The molecular weight excluding hydrogens is 308 g/mol. The molecule has 0 aliphatic rings. The van der Waals surface area contributed by atoms with E-state index >= 15 is 0 Å². The van der Waals surface area contributed by atoms with E-state index in [0.29, 0.717) is 13.0 Å². The third kappa shape index (κ3) is 5.08. The lowest BCUT2D eigenvalue weighted by atomic mass is 10.2. The van der Waals surface area contributed by atoms with Gasteiger partial charge >= 0.3 is 0 Å². The Hall–Kier alpha value is -1.50. The Morgan fingerprint density at radius 3 is 2.71 bits per heavy atom.